The number of halogens is 1. The normalized spacial score (nSPS) is 10.8. The van der Waals surface area contributed by atoms with E-state index in [-0.39, 0.29) is 29.9 Å². The second-order valence-corrected chi connectivity index (χ2v) is 5.43. The van der Waals surface area contributed by atoms with Crippen molar-refractivity contribution < 1.29 is 4.79 Å². The summed E-state index contributed by atoms with van der Waals surface area (Å²) in [6, 6.07) is 9.81. The van der Waals surface area contributed by atoms with Crippen LogP contribution in [0.15, 0.2) is 41.5 Å². The van der Waals surface area contributed by atoms with Crippen molar-refractivity contribution in [2.45, 2.75) is 19.9 Å². The Labute approximate surface area is 165 Å². The molecule has 0 fully saturated rings. The van der Waals surface area contributed by atoms with E-state index in [4.69, 9.17) is 0 Å². The van der Waals surface area contributed by atoms with Gasteiger partial charge in [-0.05, 0) is 30.2 Å². The molecular weight excluding hydrogens is 431 g/mol. The average molecular weight is 456 g/mol. The summed E-state index contributed by atoms with van der Waals surface area (Å²) in [5, 5.41) is 13.4. The number of aryl methyl sites for hydroxylation is 1. The minimum Gasteiger partial charge on any atom is -0.356 e. The van der Waals surface area contributed by atoms with Crippen LogP contribution in [0.3, 0.4) is 0 Å². The summed E-state index contributed by atoms with van der Waals surface area (Å²) in [5.74, 6) is 0.693. The van der Waals surface area contributed by atoms with E-state index in [1.165, 1.54) is 12.5 Å². The lowest BCUT2D eigenvalue weighted by Crippen LogP contribution is -2.38. The molecule has 2 rings (SSSR count). The third-order valence-electron chi connectivity index (χ3n) is 3.56. The fraction of sp³-hybridized carbons (Fsp3) is 0.353. The maximum atomic E-state index is 11.0. The highest BCUT2D eigenvalue weighted by atomic mass is 127. The molecule has 0 aliphatic rings. The van der Waals surface area contributed by atoms with Gasteiger partial charge in [0.25, 0.3) is 0 Å². The van der Waals surface area contributed by atoms with E-state index in [2.05, 4.69) is 26.0 Å². The van der Waals surface area contributed by atoms with E-state index in [0.29, 0.717) is 6.54 Å². The topological polar surface area (TPSA) is 83.3 Å². The molecule has 0 saturated carbocycles. The molecule has 0 aliphatic carbocycles. The number of hydrogen-bond donors (Lipinski definition) is 3. The van der Waals surface area contributed by atoms with Gasteiger partial charge in [0.05, 0.1) is 12.2 Å². The zero-order chi connectivity index (χ0) is 17.4. The summed E-state index contributed by atoms with van der Waals surface area (Å²) in [4.78, 5) is 15.2. The molecule has 0 radical (unpaired) electrons. The molecule has 25 heavy (non-hydrogen) atoms. The number of aromatic nitrogens is 2. The standard InChI is InChI=1S/C17H24N6O.HI/c1-13(24)22-15-6-4-14(5-7-15)8-10-19-17(18-2)20-12-16-9-11-21-23(16)3;/h4-7,9,11H,8,10,12H2,1-3H3,(H,22,24)(H2,18,19,20);1H. The largest absolute Gasteiger partial charge is 0.356 e. The van der Waals surface area contributed by atoms with Crippen LogP contribution in [0.25, 0.3) is 0 Å². The van der Waals surface area contributed by atoms with Crippen molar-refractivity contribution in [2.24, 2.45) is 12.0 Å². The highest BCUT2D eigenvalue weighted by Crippen LogP contribution is 2.09. The van der Waals surface area contributed by atoms with Gasteiger partial charge in [-0.15, -0.1) is 24.0 Å². The molecule has 1 aromatic heterocycles. The summed E-state index contributed by atoms with van der Waals surface area (Å²) < 4.78 is 1.83. The number of carbonyl (C=O) groups is 1. The summed E-state index contributed by atoms with van der Waals surface area (Å²) >= 11 is 0. The SMILES string of the molecule is CN=C(NCCc1ccc(NC(C)=O)cc1)NCc1ccnn1C.I. The van der Waals surface area contributed by atoms with Crippen molar-refractivity contribution in [3.8, 4) is 0 Å². The predicted octanol–water partition coefficient (Wildman–Crippen LogP) is 1.90. The lowest BCUT2D eigenvalue weighted by Gasteiger charge is -2.12. The number of amides is 1. The molecule has 8 heteroatoms. The number of aliphatic imine (C=N–C) groups is 1. The van der Waals surface area contributed by atoms with Gasteiger partial charge >= 0.3 is 0 Å². The van der Waals surface area contributed by atoms with E-state index in [9.17, 15) is 4.79 Å². The van der Waals surface area contributed by atoms with E-state index in [1.807, 2.05) is 42.1 Å². The Morgan fingerprint density at radius 1 is 1.20 bits per heavy atom. The first kappa shape index (κ1) is 20.9. The Kier molecular flexibility index (Phi) is 8.96. The van der Waals surface area contributed by atoms with Gasteiger partial charge in [-0.2, -0.15) is 5.10 Å². The summed E-state index contributed by atoms with van der Waals surface area (Å²) in [6.45, 7) is 2.94. The maximum absolute atomic E-state index is 11.0. The van der Waals surface area contributed by atoms with Gasteiger partial charge in [0, 0.05) is 39.4 Å². The monoisotopic (exact) mass is 456 g/mol. The number of carbonyl (C=O) groups excluding carboxylic acids is 1. The van der Waals surface area contributed by atoms with Crippen molar-refractivity contribution in [1.29, 1.82) is 0 Å². The fourth-order valence-electron chi connectivity index (χ4n) is 2.25. The van der Waals surface area contributed by atoms with E-state index < -0.39 is 0 Å². The molecule has 0 unspecified atom stereocenters. The van der Waals surface area contributed by atoms with Crippen LogP contribution < -0.4 is 16.0 Å². The smallest absolute Gasteiger partial charge is 0.221 e. The number of guanidine groups is 1. The number of nitrogens with zero attached hydrogens (tertiary/aromatic N) is 3. The van der Waals surface area contributed by atoms with Crippen LogP contribution in [0.1, 0.15) is 18.2 Å². The third kappa shape index (κ3) is 7.12. The number of anilines is 1. The Morgan fingerprint density at radius 3 is 2.48 bits per heavy atom. The number of hydrogen-bond acceptors (Lipinski definition) is 3. The van der Waals surface area contributed by atoms with Gasteiger partial charge < -0.3 is 16.0 Å². The Balaban J connectivity index is 0.00000312. The zero-order valence-corrected chi connectivity index (χ0v) is 17.1. The predicted molar refractivity (Wildman–Crippen MR) is 111 cm³/mol. The third-order valence-corrected chi connectivity index (χ3v) is 3.56. The van der Waals surface area contributed by atoms with Crippen molar-refractivity contribution in [1.82, 2.24) is 20.4 Å². The summed E-state index contributed by atoms with van der Waals surface area (Å²) in [6.07, 6.45) is 2.64. The van der Waals surface area contributed by atoms with Crippen LogP contribution in [-0.2, 0) is 24.8 Å². The van der Waals surface area contributed by atoms with Crippen LogP contribution in [0, 0.1) is 0 Å². The lowest BCUT2D eigenvalue weighted by atomic mass is 10.1. The van der Waals surface area contributed by atoms with Gasteiger partial charge in [-0.1, -0.05) is 12.1 Å². The van der Waals surface area contributed by atoms with Gasteiger partial charge in [0.1, 0.15) is 0 Å². The van der Waals surface area contributed by atoms with Crippen molar-refractivity contribution in [3.05, 3.63) is 47.8 Å². The van der Waals surface area contributed by atoms with Crippen molar-refractivity contribution in [2.75, 3.05) is 18.9 Å². The second kappa shape index (κ2) is 10.7. The summed E-state index contributed by atoms with van der Waals surface area (Å²) in [5.41, 5.74) is 3.10. The fourth-order valence-corrected chi connectivity index (χ4v) is 2.25. The lowest BCUT2D eigenvalue weighted by molar-refractivity contribution is -0.114. The first-order valence-electron chi connectivity index (χ1n) is 7.86. The van der Waals surface area contributed by atoms with Gasteiger partial charge in [0.2, 0.25) is 5.91 Å². The van der Waals surface area contributed by atoms with E-state index in [1.54, 1.807) is 13.2 Å². The highest BCUT2D eigenvalue weighted by Gasteiger charge is 2.02. The molecule has 1 heterocycles. The summed E-state index contributed by atoms with van der Waals surface area (Å²) in [7, 11) is 3.67. The van der Waals surface area contributed by atoms with Gasteiger partial charge in [-0.25, -0.2) is 0 Å². The zero-order valence-electron chi connectivity index (χ0n) is 14.7. The molecule has 0 bridgehead atoms. The molecular formula is C17H25IN6O. The molecule has 136 valence electrons. The molecule has 0 atom stereocenters. The van der Waals surface area contributed by atoms with Crippen LogP contribution >= 0.6 is 24.0 Å². The molecule has 0 saturated heterocycles. The quantitative estimate of drug-likeness (QED) is 0.353. The first-order chi connectivity index (χ1) is 11.6. The Bertz CT molecular complexity index is 695. The Morgan fingerprint density at radius 2 is 1.92 bits per heavy atom. The first-order valence-corrected chi connectivity index (χ1v) is 7.86. The van der Waals surface area contributed by atoms with Crippen molar-refractivity contribution >= 4 is 41.5 Å². The van der Waals surface area contributed by atoms with Crippen LogP contribution in [0.4, 0.5) is 5.69 Å². The second-order valence-electron chi connectivity index (χ2n) is 5.43. The van der Waals surface area contributed by atoms with Crippen molar-refractivity contribution in [3.63, 3.8) is 0 Å². The highest BCUT2D eigenvalue weighted by molar-refractivity contribution is 14.0. The maximum Gasteiger partial charge on any atom is 0.221 e. The van der Waals surface area contributed by atoms with Gasteiger partial charge in [0.15, 0.2) is 5.96 Å². The minimum atomic E-state index is -0.0623. The molecule has 2 aromatic rings. The molecule has 7 nitrogen and oxygen atoms in total. The average Bonchev–Trinajstić information content (AvgIpc) is 2.97. The number of rotatable bonds is 6. The number of nitrogens with one attached hydrogen (secondary N) is 3. The van der Waals surface area contributed by atoms with E-state index in [0.717, 1.165) is 30.3 Å². The van der Waals surface area contributed by atoms with Gasteiger partial charge in [-0.3, -0.25) is 14.5 Å². The molecule has 0 aliphatic heterocycles. The molecule has 3 N–H and O–H groups in total. The molecule has 0 spiro atoms. The van der Waals surface area contributed by atoms with Crippen LogP contribution in [-0.4, -0.2) is 35.2 Å². The van der Waals surface area contributed by atoms with E-state index >= 15 is 0 Å². The molecule has 1 aromatic carbocycles. The van der Waals surface area contributed by atoms with Crippen LogP contribution in [0.2, 0.25) is 0 Å². The molecule has 1 amide bonds. The Hall–Kier alpha value is -2.10. The minimum absolute atomic E-state index is 0. The number of benzene rings is 1. The van der Waals surface area contributed by atoms with Crippen LogP contribution in [0.5, 0.6) is 0 Å².